The Labute approximate surface area is 94.5 Å². The third kappa shape index (κ3) is 2.50. The fraction of sp³-hybridized carbons (Fsp3) is 0.600. The summed E-state index contributed by atoms with van der Waals surface area (Å²) in [5.74, 6) is 2.08. The molecule has 1 unspecified atom stereocenters. The zero-order valence-electron chi connectivity index (χ0n) is 8.92. The lowest BCUT2D eigenvalue weighted by molar-refractivity contribution is 0.690. The molecule has 1 aromatic heterocycles. The molecule has 1 atom stereocenters. The summed E-state index contributed by atoms with van der Waals surface area (Å²) in [5, 5.41) is 6.79. The zero-order chi connectivity index (χ0) is 10.8. The van der Waals surface area contributed by atoms with Gasteiger partial charge in [-0.1, -0.05) is 11.6 Å². The lowest BCUT2D eigenvalue weighted by atomic mass is 10.2. The van der Waals surface area contributed by atoms with Gasteiger partial charge in [-0.3, -0.25) is 0 Å². The van der Waals surface area contributed by atoms with E-state index in [9.17, 15) is 0 Å². The molecule has 0 amide bonds. The second-order valence-corrected chi connectivity index (χ2v) is 4.32. The van der Waals surface area contributed by atoms with Gasteiger partial charge in [-0.25, -0.2) is 4.98 Å². The van der Waals surface area contributed by atoms with E-state index in [1.807, 2.05) is 0 Å². The van der Waals surface area contributed by atoms with Crippen molar-refractivity contribution in [2.75, 3.05) is 17.7 Å². The first-order valence-electron chi connectivity index (χ1n) is 5.17. The lowest BCUT2D eigenvalue weighted by Gasteiger charge is -2.14. The van der Waals surface area contributed by atoms with Gasteiger partial charge in [-0.05, 0) is 25.7 Å². The van der Waals surface area contributed by atoms with Crippen LogP contribution < -0.4 is 10.6 Å². The minimum absolute atomic E-state index is 0.433. The SMILES string of the molecule is CNc1ncc(Cl)c(NC(C)C2CC2)n1. The molecule has 4 nitrogen and oxygen atoms in total. The molecule has 1 aromatic rings. The van der Waals surface area contributed by atoms with Gasteiger partial charge in [0.1, 0.15) is 5.02 Å². The fourth-order valence-corrected chi connectivity index (χ4v) is 1.66. The van der Waals surface area contributed by atoms with Crippen molar-refractivity contribution in [3.8, 4) is 0 Å². The van der Waals surface area contributed by atoms with Gasteiger partial charge in [0.15, 0.2) is 5.82 Å². The minimum atomic E-state index is 0.433. The molecule has 0 bridgehead atoms. The monoisotopic (exact) mass is 226 g/mol. The molecule has 1 heterocycles. The van der Waals surface area contributed by atoms with Crippen molar-refractivity contribution in [1.82, 2.24) is 9.97 Å². The molecule has 2 N–H and O–H groups in total. The Hall–Kier alpha value is -1.03. The van der Waals surface area contributed by atoms with E-state index in [4.69, 9.17) is 11.6 Å². The van der Waals surface area contributed by atoms with Gasteiger partial charge < -0.3 is 10.6 Å². The van der Waals surface area contributed by atoms with Crippen LogP contribution in [-0.4, -0.2) is 23.1 Å². The highest BCUT2D eigenvalue weighted by Crippen LogP contribution is 2.34. The average Bonchev–Trinajstić information content (AvgIpc) is 3.04. The maximum absolute atomic E-state index is 6.01. The largest absolute Gasteiger partial charge is 0.366 e. The molecule has 1 saturated carbocycles. The smallest absolute Gasteiger partial charge is 0.224 e. The second-order valence-electron chi connectivity index (χ2n) is 3.91. The molecular weight excluding hydrogens is 212 g/mol. The summed E-state index contributed by atoms with van der Waals surface area (Å²) in [7, 11) is 1.79. The first-order valence-corrected chi connectivity index (χ1v) is 5.55. The van der Waals surface area contributed by atoms with Crippen molar-refractivity contribution in [2.24, 2.45) is 5.92 Å². The quantitative estimate of drug-likeness (QED) is 0.828. The molecule has 82 valence electrons. The van der Waals surface area contributed by atoms with Gasteiger partial charge in [-0.2, -0.15) is 4.98 Å². The summed E-state index contributed by atoms with van der Waals surface area (Å²) in [5.41, 5.74) is 0. The molecule has 1 aliphatic rings. The highest BCUT2D eigenvalue weighted by Gasteiger charge is 2.28. The first-order chi connectivity index (χ1) is 7.20. The predicted octanol–water partition coefficient (Wildman–Crippen LogP) is 2.38. The number of halogens is 1. The second kappa shape index (κ2) is 4.23. The molecule has 1 aliphatic carbocycles. The number of nitrogens with zero attached hydrogens (tertiary/aromatic N) is 2. The maximum atomic E-state index is 6.01. The predicted molar refractivity (Wildman–Crippen MR) is 62.4 cm³/mol. The fourth-order valence-electron chi connectivity index (χ4n) is 1.52. The maximum Gasteiger partial charge on any atom is 0.224 e. The molecule has 5 heteroatoms. The summed E-state index contributed by atoms with van der Waals surface area (Å²) < 4.78 is 0. The minimum Gasteiger partial charge on any atom is -0.366 e. The van der Waals surface area contributed by atoms with Crippen molar-refractivity contribution in [1.29, 1.82) is 0 Å². The van der Waals surface area contributed by atoms with Crippen molar-refractivity contribution >= 4 is 23.4 Å². The van der Waals surface area contributed by atoms with Crippen LogP contribution in [0.2, 0.25) is 5.02 Å². The first kappa shape index (κ1) is 10.5. The highest BCUT2D eigenvalue weighted by molar-refractivity contribution is 6.32. The molecule has 15 heavy (non-hydrogen) atoms. The van der Waals surface area contributed by atoms with Crippen LogP contribution in [0.15, 0.2) is 6.20 Å². The van der Waals surface area contributed by atoms with Gasteiger partial charge in [0.25, 0.3) is 0 Å². The summed E-state index contributed by atoms with van der Waals surface area (Å²) in [4.78, 5) is 8.31. The lowest BCUT2D eigenvalue weighted by Crippen LogP contribution is -2.18. The standard InChI is InChI=1S/C10H15ClN4/c1-6(7-3-4-7)14-9-8(11)5-13-10(12-2)15-9/h5-7H,3-4H2,1-2H3,(H2,12,13,14,15). The number of anilines is 2. The van der Waals surface area contributed by atoms with Gasteiger partial charge in [0.2, 0.25) is 5.95 Å². The van der Waals surface area contributed by atoms with Gasteiger partial charge in [0.05, 0.1) is 6.20 Å². The van der Waals surface area contributed by atoms with Crippen molar-refractivity contribution in [2.45, 2.75) is 25.8 Å². The summed E-state index contributed by atoms with van der Waals surface area (Å²) in [6.45, 7) is 2.16. The molecular formula is C10H15ClN4. The van der Waals surface area contributed by atoms with Gasteiger partial charge in [0, 0.05) is 13.1 Å². The summed E-state index contributed by atoms with van der Waals surface area (Å²) in [6, 6.07) is 0.433. The molecule has 1 fully saturated rings. The van der Waals surface area contributed by atoms with E-state index in [1.165, 1.54) is 12.8 Å². The van der Waals surface area contributed by atoms with E-state index in [0.717, 1.165) is 11.7 Å². The normalized spacial score (nSPS) is 17.3. The van der Waals surface area contributed by atoms with Crippen molar-refractivity contribution in [3.05, 3.63) is 11.2 Å². The van der Waals surface area contributed by atoms with Crippen molar-refractivity contribution in [3.63, 3.8) is 0 Å². The third-order valence-electron chi connectivity index (χ3n) is 2.66. The van der Waals surface area contributed by atoms with Crippen LogP contribution in [0.4, 0.5) is 11.8 Å². The van der Waals surface area contributed by atoms with Crippen LogP contribution >= 0.6 is 11.6 Å². The Bertz CT molecular complexity index is 351. The molecule has 2 rings (SSSR count). The Morgan fingerprint density at radius 3 is 2.87 bits per heavy atom. The third-order valence-corrected chi connectivity index (χ3v) is 2.94. The van der Waals surface area contributed by atoms with E-state index in [1.54, 1.807) is 13.2 Å². The topological polar surface area (TPSA) is 49.8 Å². The Kier molecular flexibility index (Phi) is 2.95. The number of hydrogen-bond donors (Lipinski definition) is 2. The Morgan fingerprint density at radius 1 is 1.53 bits per heavy atom. The van der Waals surface area contributed by atoms with E-state index < -0.39 is 0 Å². The Balaban J connectivity index is 2.11. The number of hydrogen-bond acceptors (Lipinski definition) is 4. The van der Waals surface area contributed by atoms with Crippen LogP contribution in [-0.2, 0) is 0 Å². The average molecular weight is 227 g/mol. The van der Waals surface area contributed by atoms with Crippen LogP contribution in [0.3, 0.4) is 0 Å². The van der Waals surface area contributed by atoms with E-state index in [0.29, 0.717) is 17.0 Å². The molecule has 0 spiro atoms. The zero-order valence-corrected chi connectivity index (χ0v) is 9.67. The summed E-state index contributed by atoms with van der Waals surface area (Å²) in [6.07, 6.45) is 4.22. The van der Waals surface area contributed by atoms with Crippen LogP contribution in [0.1, 0.15) is 19.8 Å². The molecule has 0 radical (unpaired) electrons. The van der Waals surface area contributed by atoms with E-state index in [-0.39, 0.29) is 0 Å². The van der Waals surface area contributed by atoms with E-state index in [2.05, 4.69) is 27.5 Å². The van der Waals surface area contributed by atoms with Crippen LogP contribution in [0.25, 0.3) is 0 Å². The molecule has 0 aromatic carbocycles. The molecule has 0 saturated heterocycles. The van der Waals surface area contributed by atoms with Gasteiger partial charge >= 0.3 is 0 Å². The van der Waals surface area contributed by atoms with Crippen LogP contribution in [0, 0.1) is 5.92 Å². The Morgan fingerprint density at radius 2 is 2.27 bits per heavy atom. The summed E-state index contributed by atoms with van der Waals surface area (Å²) >= 11 is 6.01. The molecule has 0 aliphatic heterocycles. The van der Waals surface area contributed by atoms with Crippen molar-refractivity contribution < 1.29 is 0 Å². The number of aromatic nitrogens is 2. The van der Waals surface area contributed by atoms with Crippen LogP contribution in [0.5, 0.6) is 0 Å². The number of nitrogens with one attached hydrogen (secondary N) is 2. The van der Waals surface area contributed by atoms with Gasteiger partial charge in [-0.15, -0.1) is 0 Å². The van der Waals surface area contributed by atoms with E-state index >= 15 is 0 Å². The number of rotatable bonds is 4. The highest BCUT2D eigenvalue weighted by atomic mass is 35.5.